The fraction of sp³-hybridized carbons (Fsp3) is 0.857. The zero-order chi connectivity index (χ0) is 7.98. The molecule has 10 heavy (non-hydrogen) atoms. The molecule has 0 aromatic carbocycles. The van der Waals surface area contributed by atoms with Gasteiger partial charge < -0.3 is 4.74 Å². The maximum absolute atomic E-state index is 10.3. The molecule has 0 N–H and O–H groups in total. The Morgan fingerprint density at radius 3 is 2.60 bits per heavy atom. The third-order valence-electron chi connectivity index (χ3n) is 0.840. The molecule has 0 aliphatic rings. The van der Waals surface area contributed by atoms with Crippen LogP contribution in [0.4, 0.5) is 0 Å². The second-order valence-electron chi connectivity index (χ2n) is 2.26. The number of thioether (sulfide) groups is 1. The van der Waals surface area contributed by atoms with Gasteiger partial charge in [0.15, 0.2) is 0 Å². The van der Waals surface area contributed by atoms with E-state index in [2.05, 4.69) is 13.8 Å². The fourth-order valence-electron chi connectivity index (χ4n) is 0.469. The minimum Gasteiger partial charge on any atom is -0.465 e. The molecule has 0 aliphatic carbocycles. The van der Waals surface area contributed by atoms with Crippen LogP contribution in [-0.2, 0) is 9.53 Å². The topological polar surface area (TPSA) is 26.3 Å². The van der Waals surface area contributed by atoms with Crippen LogP contribution in [0.25, 0.3) is 0 Å². The van der Waals surface area contributed by atoms with Crippen LogP contribution in [0.3, 0.4) is 0 Å². The van der Waals surface area contributed by atoms with Crippen LogP contribution in [0.1, 0.15) is 20.8 Å². The molecule has 0 fully saturated rings. The van der Waals surface area contributed by atoms with E-state index in [1.54, 1.807) is 11.8 Å². The van der Waals surface area contributed by atoms with Crippen molar-refractivity contribution in [1.29, 1.82) is 0 Å². The van der Waals surface area contributed by atoms with Crippen molar-refractivity contribution in [2.75, 3.05) is 12.4 Å². The minimum atomic E-state index is -0.190. The Morgan fingerprint density at radius 2 is 2.20 bits per heavy atom. The SMILES string of the molecule is CC(=O)OCCSC(C)C. The minimum absolute atomic E-state index is 0.190. The molecule has 0 bridgehead atoms. The number of hydrogen-bond donors (Lipinski definition) is 0. The maximum atomic E-state index is 10.3. The third-order valence-corrected chi connectivity index (χ3v) is 1.91. The highest BCUT2D eigenvalue weighted by Crippen LogP contribution is 2.07. The molecular formula is C7H14O2S. The summed E-state index contributed by atoms with van der Waals surface area (Å²) in [5, 5.41) is 0.621. The van der Waals surface area contributed by atoms with Crippen LogP contribution in [0.2, 0.25) is 0 Å². The van der Waals surface area contributed by atoms with Crippen molar-refractivity contribution in [3.8, 4) is 0 Å². The van der Waals surface area contributed by atoms with E-state index in [1.165, 1.54) is 6.92 Å². The average Bonchev–Trinajstić information content (AvgIpc) is 1.79. The molecule has 0 heterocycles. The van der Waals surface area contributed by atoms with E-state index in [4.69, 9.17) is 4.74 Å². The smallest absolute Gasteiger partial charge is 0.302 e. The summed E-state index contributed by atoms with van der Waals surface area (Å²) in [6, 6.07) is 0. The first-order valence-corrected chi connectivity index (χ1v) is 4.42. The highest BCUT2D eigenvalue weighted by atomic mass is 32.2. The zero-order valence-corrected chi connectivity index (χ0v) is 7.53. The van der Waals surface area contributed by atoms with Gasteiger partial charge in [-0.05, 0) is 5.25 Å². The molecule has 0 atom stereocenters. The van der Waals surface area contributed by atoms with E-state index in [0.29, 0.717) is 11.9 Å². The Hall–Kier alpha value is -0.180. The van der Waals surface area contributed by atoms with Crippen molar-refractivity contribution >= 4 is 17.7 Å². The summed E-state index contributed by atoms with van der Waals surface area (Å²) in [5.41, 5.74) is 0. The first-order valence-electron chi connectivity index (χ1n) is 3.38. The Morgan fingerprint density at radius 1 is 1.60 bits per heavy atom. The van der Waals surface area contributed by atoms with Crippen molar-refractivity contribution in [3.05, 3.63) is 0 Å². The third kappa shape index (κ3) is 7.82. The molecule has 2 nitrogen and oxygen atoms in total. The first-order chi connectivity index (χ1) is 4.63. The molecule has 0 radical (unpaired) electrons. The van der Waals surface area contributed by atoms with Gasteiger partial charge in [0, 0.05) is 12.7 Å². The highest BCUT2D eigenvalue weighted by Gasteiger charge is 1.95. The van der Waals surface area contributed by atoms with Crippen molar-refractivity contribution in [1.82, 2.24) is 0 Å². The molecule has 0 aromatic rings. The summed E-state index contributed by atoms with van der Waals surface area (Å²) >= 11 is 1.80. The van der Waals surface area contributed by atoms with Crippen LogP contribution < -0.4 is 0 Å². The highest BCUT2D eigenvalue weighted by molar-refractivity contribution is 7.99. The second-order valence-corrected chi connectivity index (χ2v) is 3.94. The van der Waals surface area contributed by atoms with E-state index in [1.807, 2.05) is 0 Å². The summed E-state index contributed by atoms with van der Waals surface area (Å²) in [4.78, 5) is 10.3. The molecule has 0 aromatic heterocycles. The summed E-state index contributed by atoms with van der Waals surface area (Å²) in [6.07, 6.45) is 0. The van der Waals surface area contributed by atoms with Crippen LogP contribution in [0.5, 0.6) is 0 Å². The van der Waals surface area contributed by atoms with E-state index < -0.39 is 0 Å². The molecule has 0 saturated heterocycles. The maximum Gasteiger partial charge on any atom is 0.302 e. The summed E-state index contributed by atoms with van der Waals surface area (Å²) < 4.78 is 4.73. The van der Waals surface area contributed by atoms with Gasteiger partial charge in [0.25, 0.3) is 0 Å². The summed E-state index contributed by atoms with van der Waals surface area (Å²) in [5.74, 6) is 0.710. The molecule has 0 rings (SSSR count). The lowest BCUT2D eigenvalue weighted by molar-refractivity contribution is -0.140. The molecule has 3 heteroatoms. The van der Waals surface area contributed by atoms with Crippen LogP contribution in [0, 0.1) is 0 Å². The summed E-state index contributed by atoms with van der Waals surface area (Å²) in [7, 11) is 0. The number of ether oxygens (including phenoxy) is 1. The van der Waals surface area contributed by atoms with Crippen molar-refractivity contribution in [2.45, 2.75) is 26.0 Å². The predicted octanol–water partition coefficient (Wildman–Crippen LogP) is 1.69. The normalized spacial score (nSPS) is 10.0. The monoisotopic (exact) mass is 162 g/mol. The van der Waals surface area contributed by atoms with Gasteiger partial charge in [-0.1, -0.05) is 13.8 Å². The molecule has 0 unspecified atom stereocenters. The van der Waals surface area contributed by atoms with Gasteiger partial charge in [-0.3, -0.25) is 4.79 Å². The lowest BCUT2D eigenvalue weighted by Crippen LogP contribution is -2.03. The molecule has 0 saturated carbocycles. The van der Waals surface area contributed by atoms with Crippen LogP contribution in [-0.4, -0.2) is 23.6 Å². The van der Waals surface area contributed by atoms with Gasteiger partial charge in [0.1, 0.15) is 6.61 Å². The van der Waals surface area contributed by atoms with Crippen molar-refractivity contribution in [2.24, 2.45) is 0 Å². The van der Waals surface area contributed by atoms with Gasteiger partial charge >= 0.3 is 5.97 Å². The molecule has 0 amide bonds. The van der Waals surface area contributed by atoms with E-state index in [-0.39, 0.29) is 5.97 Å². The van der Waals surface area contributed by atoms with Crippen LogP contribution in [0.15, 0.2) is 0 Å². The zero-order valence-electron chi connectivity index (χ0n) is 6.72. The lowest BCUT2D eigenvalue weighted by atomic mass is 10.6. The molecule has 0 spiro atoms. The molecular weight excluding hydrogens is 148 g/mol. The van der Waals surface area contributed by atoms with Crippen LogP contribution >= 0.6 is 11.8 Å². The van der Waals surface area contributed by atoms with Crippen molar-refractivity contribution < 1.29 is 9.53 Å². The standard InChI is InChI=1S/C7H14O2S/c1-6(2)10-5-4-9-7(3)8/h6H,4-5H2,1-3H3. The molecule has 60 valence electrons. The number of carbonyl (C=O) groups is 1. The Balaban J connectivity index is 2.98. The Labute approximate surface area is 66.3 Å². The first kappa shape index (κ1) is 9.82. The van der Waals surface area contributed by atoms with E-state index in [0.717, 1.165) is 5.75 Å². The molecule has 0 aliphatic heterocycles. The predicted molar refractivity (Wildman–Crippen MR) is 44.2 cm³/mol. The number of hydrogen-bond acceptors (Lipinski definition) is 3. The Kier molecular flexibility index (Phi) is 5.49. The largest absolute Gasteiger partial charge is 0.465 e. The quantitative estimate of drug-likeness (QED) is 0.465. The van der Waals surface area contributed by atoms with Gasteiger partial charge in [0.2, 0.25) is 0 Å². The fourth-order valence-corrected chi connectivity index (χ4v) is 1.12. The van der Waals surface area contributed by atoms with Gasteiger partial charge in [-0.2, -0.15) is 11.8 Å². The average molecular weight is 162 g/mol. The van der Waals surface area contributed by atoms with E-state index in [9.17, 15) is 4.79 Å². The van der Waals surface area contributed by atoms with E-state index >= 15 is 0 Å². The van der Waals surface area contributed by atoms with Gasteiger partial charge in [0.05, 0.1) is 0 Å². The lowest BCUT2D eigenvalue weighted by Gasteiger charge is -2.03. The number of rotatable bonds is 4. The summed E-state index contributed by atoms with van der Waals surface area (Å²) in [6.45, 7) is 6.22. The second kappa shape index (κ2) is 5.59. The van der Waals surface area contributed by atoms with Gasteiger partial charge in [-0.15, -0.1) is 0 Å². The van der Waals surface area contributed by atoms with Crippen molar-refractivity contribution in [3.63, 3.8) is 0 Å². The number of esters is 1. The van der Waals surface area contributed by atoms with Gasteiger partial charge in [-0.25, -0.2) is 0 Å². The Bertz CT molecular complexity index is 102. The number of carbonyl (C=O) groups excluding carboxylic acids is 1.